The van der Waals surface area contributed by atoms with Crippen molar-refractivity contribution in [2.24, 2.45) is 10.8 Å². The number of benzene rings is 2. The minimum atomic E-state index is -1.91. The predicted octanol–water partition coefficient (Wildman–Crippen LogP) is 4.59. The predicted molar refractivity (Wildman–Crippen MR) is 152 cm³/mol. The summed E-state index contributed by atoms with van der Waals surface area (Å²) < 4.78 is 32.8. The van der Waals surface area contributed by atoms with Crippen LogP contribution in [0.25, 0.3) is 0 Å². The molecule has 0 radical (unpaired) electrons. The van der Waals surface area contributed by atoms with E-state index >= 15 is 0 Å². The summed E-state index contributed by atoms with van der Waals surface area (Å²) in [4.78, 5) is 56.1. The number of ether oxygens (including phenoxy) is 6. The Bertz CT molecular complexity index is 1100. The zero-order valence-corrected chi connectivity index (χ0v) is 25.1. The molecule has 0 bridgehead atoms. The van der Waals surface area contributed by atoms with Gasteiger partial charge in [0.1, 0.15) is 11.5 Å². The molecule has 0 saturated heterocycles. The van der Waals surface area contributed by atoms with E-state index in [2.05, 4.69) is 0 Å². The Kier molecular flexibility index (Phi) is 11.0. The van der Waals surface area contributed by atoms with Crippen molar-refractivity contribution in [1.29, 1.82) is 0 Å². The van der Waals surface area contributed by atoms with Crippen LogP contribution < -0.4 is 9.47 Å². The SMILES string of the molecule is CCOC(=O)C1(C(=O)OCC)C[C@H](c2ccc(OC)cc2)C(C(=O)OCC)(C(=O)OCC)C[C@@H]1c1ccc(OC)cc1. The number of hydrogen-bond donors (Lipinski definition) is 0. The Balaban J connectivity index is 2.42. The van der Waals surface area contributed by atoms with Crippen LogP contribution in [0, 0.1) is 10.8 Å². The molecule has 0 amide bonds. The fourth-order valence-corrected chi connectivity index (χ4v) is 5.86. The lowest BCUT2D eigenvalue weighted by Crippen LogP contribution is -2.59. The van der Waals surface area contributed by atoms with Gasteiger partial charge in [-0.3, -0.25) is 19.2 Å². The third-order valence-corrected chi connectivity index (χ3v) is 7.84. The van der Waals surface area contributed by atoms with Crippen LogP contribution in [0.2, 0.25) is 0 Å². The molecular weight excluding hydrogens is 544 g/mol. The molecule has 2 atom stereocenters. The minimum absolute atomic E-state index is 0.00339. The first-order chi connectivity index (χ1) is 20.2. The van der Waals surface area contributed by atoms with Gasteiger partial charge in [-0.2, -0.15) is 0 Å². The van der Waals surface area contributed by atoms with E-state index in [1.165, 1.54) is 14.2 Å². The van der Waals surface area contributed by atoms with Crippen molar-refractivity contribution in [2.45, 2.75) is 52.4 Å². The zero-order chi connectivity index (χ0) is 30.9. The van der Waals surface area contributed by atoms with Gasteiger partial charge in [0.25, 0.3) is 0 Å². The molecule has 0 N–H and O–H groups in total. The molecular formula is C32H40O10. The molecule has 10 heteroatoms. The first-order valence-corrected chi connectivity index (χ1v) is 14.2. The van der Waals surface area contributed by atoms with Crippen molar-refractivity contribution in [3.05, 3.63) is 59.7 Å². The number of carbonyl (C=O) groups excluding carboxylic acids is 4. The van der Waals surface area contributed by atoms with Gasteiger partial charge >= 0.3 is 23.9 Å². The number of esters is 4. The van der Waals surface area contributed by atoms with E-state index in [1.54, 1.807) is 76.2 Å². The van der Waals surface area contributed by atoms with Gasteiger partial charge in [-0.15, -0.1) is 0 Å². The fourth-order valence-electron chi connectivity index (χ4n) is 5.86. The second-order valence-electron chi connectivity index (χ2n) is 9.88. The molecule has 1 aliphatic carbocycles. The summed E-state index contributed by atoms with van der Waals surface area (Å²) >= 11 is 0. The van der Waals surface area contributed by atoms with Gasteiger partial charge in [0, 0.05) is 11.8 Å². The summed E-state index contributed by atoms with van der Waals surface area (Å²) in [5.74, 6) is -4.16. The van der Waals surface area contributed by atoms with Crippen molar-refractivity contribution in [1.82, 2.24) is 0 Å². The summed E-state index contributed by atoms with van der Waals surface area (Å²) in [6.07, 6.45) is -0.573. The molecule has 2 aromatic rings. The van der Waals surface area contributed by atoms with Gasteiger partial charge in [0.15, 0.2) is 10.8 Å². The van der Waals surface area contributed by atoms with Gasteiger partial charge in [-0.1, -0.05) is 24.3 Å². The van der Waals surface area contributed by atoms with Gasteiger partial charge < -0.3 is 28.4 Å². The van der Waals surface area contributed by atoms with E-state index in [-0.39, 0.29) is 39.3 Å². The molecule has 0 unspecified atom stereocenters. The highest BCUT2D eigenvalue weighted by Crippen LogP contribution is 2.62. The Labute approximate surface area is 246 Å². The van der Waals surface area contributed by atoms with Crippen molar-refractivity contribution in [3.8, 4) is 11.5 Å². The smallest absolute Gasteiger partial charge is 0.324 e. The van der Waals surface area contributed by atoms with Crippen molar-refractivity contribution in [3.63, 3.8) is 0 Å². The Hall–Kier alpha value is -4.08. The average molecular weight is 585 g/mol. The number of carbonyl (C=O) groups is 4. The Morgan fingerprint density at radius 3 is 1.02 bits per heavy atom. The zero-order valence-electron chi connectivity index (χ0n) is 25.1. The number of methoxy groups -OCH3 is 2. The van der Waals surface area contributed by atoms with Gasteiger partial charge in [-0.05, 0) is 75.9 Å². The molecule has 2 aromatic carbocycles. The quantitative estimate of drug-likeness (QED) is 0.199. The van der Waals surface area contributed by atoms with E-state index in [4.69, 9.17) is 28.4 Å². The highest BCUT2D eigenvalue weighted by Gasteiger charge is 2.69. The topological polar surface area (TPSA) is 124 Å². The summed E-state index contributed by atoms with van der Waals surface area (Å²) in [6.45, 7) is 6.59. The van der Waals surface area contributed by atoms with Crippen LogP contribution in [0.3, 0.4) is 0 Å². The molecule has 0 spiro atoms. The number of hydrogen-bond acceptors (Lipinski definition) is 10. The lowest BCUT2D eigenvalue weighted by Gasteiger charge is -2.50. The lowest BCUT2D eigenvalue weighted by molar-refractivity contribution is -0.192. The molecule has 0 aromatic heterocycles. The van der Waals surface area contributed by atoms with Crippen molar-refractivity contribution < 1.29 is 47.6 Å². The maximum atomic E-state index is 14.0. The van der Waals surface area contributed by atoms with E-state index < -0.39 is 46.5 Å². The van der Waals surface area contributed by atoms with Crippen LogP contribution in [0.4, 0.5) is 0 Å². The molecule has 42 heavy (non-hydrogen) atoms. The largest absolute Gasteiger partial charge is 0.497 e. The molecule has 0 heterocycles. The van der Waals surface area contributed by atoms with Crippen LogP contribution in [-0.4, -0.2) is 64.5 Å². The highest BCUT2D eigenvalue weighted by atomic mass is 16.6. The first kappa shape index (κ1) is 32.4. The molecule has 10 nitrogen and oxygen atoms in total. The lowest BCUT2D eigenvalue weighted by atomic mass is 9.50. The fraction of sp³-hybridized carbons (Fsp3) is 0.500. The van der Waals surface area contributed by atoms with Crippen LogP contribution in [0.15, 0.2) is 48.5 Å². The molecule has 1 fully saturated rings. The standard InChI is InChI=1S/C32H40O10/c1-7-39-27(33)31(28(34)40-8-2)19-26(22-13-17-24(38-6)18-14-22)32(29(35)41-9-3,30(36)42-10-4)20-25(31)21-11-15-23(37-5)16-12-21/h11-18,25-26H,7-10,19-20H2,1-6H3/t25-,26-/m1/s1. The van der Waals surface area contributed by atoms with Crippen molar-refractivity contribution in [2.75, 3.05) is 40.6 Å². The first-order valence-electron chi connectivity index (χ1n) is 14.2. The molecule has 3 rings (SSSR count). The normalized spacial score (nSPS) is 18.7. The number of rotatable bonds is 12. The third kappa shape index (κ3) is 5.93. The maximum Gasteiger partial charge on any atom is 0.324 e. The third-order valence-electron chi connectivity index (χ3n) is 7.84. The van der Waals surface area contributed by atoms with E-state index in [9.17, 15) is 19.2 Å². The van der Waals surface area contributed by atoms with Gasteiger partial charge in [0.2, 0.25) is 0 Å². The Morgan fingerprint density at radius 2 is 0.810 bits per heavy atom. The van der Waals surface area contributed by atoms with E-state index in [0.717, 1.165) is 0 Å². The highest BCUT2D eigenvalue weighted by molar-refractivity contribution is 6.06. The maximum absolute atomic E-state index is 14.0. The summed E-state index contributed by atoms with van der Waals surface area (Å²) in [7, 11) is 3.03. The van der Waals surface area contributed by atoms with E-state index in [1.807, 2.05) is 0 Å². The van der Waals surface area contributed by atoms with Crippen LogP contribution in [0.1, 0.15) is 63.5 Å². The molecule has 228 valence electrons. The van der Waals surface area contributed by atoms with E-state index in [0.29, 0.717) is 22.6 Å². The molecule has 1 aliphatic rings. The molecule has 0 aliphatic heterocycles. The summed E-state index contributed by atoms with van der Waals surface area (Å²) in [5.41, 5.74) is -2.78. The van der Waals surface area contributed by atoms with Crippen LogP contribution in [0.5, 0.6) is 11.5 Å². The summed E-state index contributed by atoms with van der Waals surface area (Å²) in [5, 5.41) is 0. The molecule has 1 saturated carbocycles. The van der Waals surface area contributed by atoms with Gasteiger partial charge in [-0.25, -0.2) is 0 Å². The van der Waals surface area contributed by atoms with Crippen LogP contribution in [-0.2, 0) is 38.1 Å². The Morgan fingerprint density at radius 1 is 0.548 bits per heavy atom. The average Bonchev–Trinajstić information content (AvgIpc) is 3.00. The second kappa shape index (κ2) is 14.2. The van der Waals surface area contributed by atoms with Gasteiger partial charge in [0.05, 0.1) is 40.6 Å². The second-order valence-corrected chi connectivity index (χ2v) is 9.88. The van der Waals surface area contributed by atoms with Crippen molar-refractivity contribution >= 4 is 23.9 Å². The summed E-state index contributed by atoms with van der Waals surface area (Å²) in [6, 6.07) is 13.5. The van der Waals surface area contributed by atoms with Crippen LogP contribution >= 0.6 is 0 Å². The monoisotopic (exact) mass is 584 g/mol. The minimum Gasteiger partial charge on any atom is -0.497 e.